The first kappa shape index (κ1) is 19.0. The number of hydrogen-bond donors (Lipinski definition) is 0. The van der Waals surface area contributed by atoms with Crippen molar-refractivity contribution in [3.8, 4) is 0 Å². The number of esters is 1. The highest BCUT2D eigenvalue weighted by molar-refractivity contribution is 7.89. The van der Waals surface area contributed by atoms with E-state index in [4.69, 9.17) is 4.98 Å². The summed E-state index contributed by atoms with van der Waals surface area (Å²) in [6, 6.07) is 13.5. The van der Waals surface area contributed by atoms with Gasteiger partial charge in [0.15, 0.2) is 0 Å². The molecule has 0 bridgehead atoms. The SMILES string of the molecule is COC(=O)c1ccc(S(=O)(=O)N2CCCCC2c2nc3ccccc3s2)cc1. The molecule has 4 rings (SSSR count). The van der Waals surface area contributed by atoms with E-state index in [0.29, 0.717) is 12.1 Å². The van der Waals surface area contributed by atoms with Crippen molar-refractivity contribution < 1.29 is 17.9 Å². The van der Waals surface area contributed by atoms with E-state index in [-0.39, 0.29) is 10.9 Å². The van der Waals surface area contributed by atoms with Gasteiger partial charge in [-0.3, -0.25) is 0 Å². The van der Waals surface area contributed by atoms with Crippen LogP contribution in [0.5, 0.6) is 0 Å². The van der Waals surface area contributed by atoms with Crippen LogP contribution in [0.25, 0.3) is 10.2 Å². The van der Waals surface area contributed by atoms with Gasteiger partial charge in [0.05, 0.1) is 33.8 Å². The van der Waals surface area contributed by atoms with Crippen molar-refractivity contribution in [2.45, 2.75) is 30.2 Å². The maximum Gasteiger partial charge on any atom is 0.337 e. The monoisotopic (exact) mass is 416 g/mol. The Balaban J connectivity index is 1.69. The third-order valence-electron chi connectivity index (χ3n) is 4.93. The van der Waals surface area contributed by atoms with Crippen LogP contribution in [0.4, 0.5) is 0 Å². The van der Waals surface area contributed by atoms with E-state index in [1.54, 1.807) is 15.6 Å². The van der Waals surface area contributed by atoms with Crippen molar-refractivity contribution in [3.05, 3.63) is 59.1 Å². The fourth-order valence-electron chi connectivity index (χ4n) is 3.49. The first-order valence-electron chi connectivity index (χ1n) is 9.06. The molecular formula is C20H20N2O4S2. The van der Waals surface area contributed by atoms with E-state index in [1.807, 2.05) is 24.3 Å². The molecule has 0 amide bonds. The van der Waals surface area contributed by atoms with Crippen LogP contribution in [0.3, 0.4) is 0 Å². The quantitative estimate of drug-likeness (QED) is 0.601. The van der Waals surface area contributed by atoms with Crippen molar-refractivity contribution in [1.82, 2.24) is 9.29 Å². The van der Waals surface area contributed by atoms with Crippen molar-refractivity contribution in [2.75, 3.05) is 13.7 Å². The molecule has 1 aliphatic rings. The van der Waals surface area contributed by atoms with Gasteiger partial charge in [-0.25, -0.2) is 18.2 Å². The van der Waals surface area contributed by atoms with Gasteiger partial charge in [-0.15, -0.1) is 11.3 Å². The Hall–Kier alpha value is -2.29. The first-order chi connectivity index (χ1) is 13.5. The molecule has 2 heterocycles. The lowest BCUT2D eigenvalue weighted by molar-refractivity contribution is 0.0600. The Morgan fingerprint density at radius 2 is 1.89 bits per heavy atom. The lowest BCUT2D eigenvalue weighted by Crippen LogP contribution is -2.38. The van der Waals surface area contributed by atoms with Gasteiger partial charge in [0.1, 0.15) is 5.01 Å². The van der Waals surface area contributed by atoms with Gasteiger partial charge in [-0.1, -0.05) is 18.6 Å². The molecular weight excluding hydrogens is 396 g/mol. The van der Waals surface area contributed by atoms with Crippen molar-refractivity contribution in [3.63, 3.8) is 0 Å². The van der Waals surface area contributed by atoms with E-state index in [1.165, 1.54) is 31.4 Å². The molecule has 0 radical (unpaired) electrons. The smallest absolute Gasteiger partial charge is 0.337 e. The number of carbonyl (C=O) groups is 1. The molecule has 3 aromatic rings. The molecule has 0 aliphatic carbocycles. The van der Waals surface area contributed by atoms with Gasteiger partial charge in [-0.2, -0.15) is 4.31 Å². The van der Waals surface area contributed by atoms with Crippen LogP contribution in [0.2, 0.25) is 0 Å². The van der Waals surface area contributed by atoms with Crippen LogP contribution in [-0.2, 0) is 14.8 Å². The number of thiazole rings is 1. The predicted molar refractivity (Wildman–Crippen MR) is 108 cm³/mol. The number of piperidine rings is 1. The van der Waals surface area contributed by atoms with Crippen LogP contribution >= 0.6 is 11.3 Å². The fourth-order valence-corrected chi connectivity index (χ4v) is 6.33. The minimum atomic E-state index is -3.70. The molecule has 146 valence electrons. The van der Waals surface area contributed by atoms with Gasteiger partial charge in [0.25, 0.3) is 0 Å². The third-order valence-corrected chi connectivity index (χ3v) is 7.99. The van der Waals surface area contributed by atoms with Gasteiger partial charge in [0.2, 0.25) is 10.0 Å². The zero-order valence-corrected chi connectivity index (χ0v) is 17.0. The van der Waals surface area contributed by atoms with Crippen LogP contribution in [0.15, 0.2) is 53.4 Å². The number of nitrogens with zero attached hydrogens (tertiary/aromatic N) is 2. The van der Waals surface area contributed by atoms with E-state index < -0.39 is 16.0 Å². The molecule has 28 heavy (non-hydrogen) atoms. The minimum Gasteiger partial charge on any atom is -0.465 e. The van der Waals surface area contributed by atoms with Crippen molar-refractivity contribution in [1.29, 1.82) is 0 Å². The maximum absolute atomic E-state index is 13.3. The summed E-state index contributed by atoms with van der Waals surface area (Å²) in [5, 5.41) is 0.829. The normalized spacial score (nSPS) is 18.2. The van der Waals surface area contributed by atoms with Crippen LogP contribution in [-0.4, -0.2) is 37.3 Å². The molecule has 0 spiro atoms. The summed E-state index contributed by atoms with van der Waals surface area (Å²) >= 11 is 1.55. The number of ether oxygens (including phenoxy) is 1. The third kappa shape index (κ3) is 3.43. The summed E-state index contributed by atoms with van der Waals surface area (Å²) in [5.74, 6) is -0.491. The number of fused-ring (bicyclic) bond motifs is 1. The standard InChI is InChI=1S/C20H20N2O4S2/c1-26-20(23)14-9-11-15(12-10-14)28(24,25)22-13-5-4-7-17(22)19-21-16-6-2-3-8-18(16)27-19/h2-3,6,8-12,17H,4-5,7,13H2,1H3. The highest BCUT2D eigenvalue weighted by Gasteiger charge is 2.36. The molecule has 2 aromatic carbocycles. The zero-order chi connectivity index (χ0) is 19.7. The zero-order valence-electron chi connectivity index (χ0n) is 15.4. The van der Waals surface area contributed by atoms with E-state index >= 15 is 0 Å². The average Bonchev–Trinajstić information content (AvgIpc) is 3.17. The summed E-state index contributed by atoms with van der Waals surface area (Å²) < 4.78 is 33.9. The van der Waals surface area contributed by atoms with Crippen LogP contribution in [0, 0.1) is 0 Å². The fraction of sp³-hybridized carbons (Fsp3) is 0.300. The van der Waals surface area contributed by atoms with Crippen LogP contribution in [0.1, 0.15) is 40.7 Å². The predicted octanol–water partition coefficient (Wildman–Crippen LogP) is 4.00. The second kappa shape index (κ2) is 7.62. The Morgan fingerprint density at radius 1 is 1.14 bits per heavy atom. The summed E-state index contributed by atoms with van der Waals surface area (Å²) in [7, 11) is -2.40. The largest absolute Gasteiger partial charge is 0.465 e. The van der Waals surface area contributed by atoms with Gasteiger partial charge >= 0.3 is 5.97 Å². The molecule has 1 fully saturated rings. The summed E-state index contributed by atoms with van der Waals surface area (Å²) in [6.45, 7) is 0.460. The molecule has 1 aliphatic heterocycles. The van der Waals surface area contributed by atoms with E-state index in [2.05, 4.69) is 4.74 Å². The Kier molecular flexibility index (Phi) is 5.18. The summed E-state index contributed by atoms with van der Waals surface area (Å²) in [5.41, 5.74) is 1.22. The number of aromatic nitrogens is 1. The molecule has 1 aromatic heterocycles. The lowest BCUT2D eigenvalue weighted by atomic mass is 10.1. The number of sulfonamides is 1. The number of benzene rings is 2. The molecule has 1 saturated heterocycles. The molecule has 0 saturated carbocycles. The molecule has 0 N–H and O–H groups in total. The molecule has 1 atom stereocenters. The Labute approximate surface area is 167 Å². The van der Waals surface area contributed by atoms with Crippen LogP contribution < -0.4 is 0 Å². The second-order valence-corrected chi connectivity index (χ2v) is 9.62. The number of methoxy groups -OCH3 is 1. The topological polar surface area (TPSA) is 76.6 Å². The second-order valence-electron chi connectivity index (χ2n) is 6.66. The molecule has 8 heteroatoms. The Bertz CT molecular complexity index is 1070. The Morgan fingerprint density at radius 3 is 2.61 bits per heavy atom. The molecule has 1 unspecified atom stereocenters. The van der Waals surface area contributed by atoms with Gasteiger partial charge in [-0.05, 0) is 49.2 Å². The highest BCUT2D eigenvalue weighted by Crippen LogP contribution is 2.38. The maximum atomic E-state index is 13.3. The molecule has 6 nitrogen and oxygen atoms in total. The van der Waals surface area contributed by atoms with Gasteiger partial charge < -0.3 is 4.74 Å². The van der Waals surface area contributed by atoms with Crippen molar-refractivity contribution >= 4 is 37.5 Å². The average molecular weight is 417 g/mol. The highest BCUT2D eigenvalue weighted by atomic mass is 32.2. The van der Waals surface area contributed by atoms with E-state index in [9.17, 15) is 13.2 Å². The number of para-hydroxylation sites is 1. The lowest BCUT2D eigenvalue weighted by Gasteiger charge is -2.33. The van der Waals surface area contributed by atoms with E-state index in [0.717, 1.165) is 34.5 Å². The minimum absolute atomic E-state index is 0.174. The van der Waals surface area contributed by atoms with Crippen molar-refractivity contribution in [2.24, 2.45) is 0 Å². The number of carbonyl (C=O) groups excluding carboxylic acids is 1. The number of rotatable bonds is 4. The summed E-state index contributed by atoms with van der Waals surface area (Å²) in [4.78, 5) is 16.5. The van der Waals surface area contributed by atoms with Gasteiger partial charge in [0, 0.05) is 6.54 Å². The number of hydrogen-bond acceptors (Lipinski definition) is 6. The first-order valence-corrected chi connectivity index (χ1v) is 11.3. The summed E-state index contributed by atoms with van der Waals surface area (Å²) in [6.07, 6.45) is 2.54.